The topological polar surface area (TPSA) is 38.3 Å². The van der Waals surface area contributed by atoms with Crippen LogP contribution in [0.3, 0.4) is 0 Å². The molecule has 0 aliphatic rings. The number of halogens is 2. The Morgan fingerprint density at radius 3 is 2.68 bits per heavy atom. The first-order valence-electron chi connectivity index (χ1n) is 6.68. The summed E-state index contributed by atoms with van der Waals surface area (Å²) in [5, 5.41) is 2.58. The van der Waals surface area contributed by atoms with Crippen LogP contribution >= 0.6 is 15.9 Å². The number of rotatable bonds is 4. The van der Waals surface area contributed by atoms with E-state index in [-0.39, 0.29) is 12.2 Å². The zero-order valence-electron chi connectivity index (χ0n) is 12.1. The van der Waals surface area contributed by atoms with Gasteiger partial charge in [0, 0.05) is 10.0 Å². The van der Waals surface area contributed by atoms with Gasteiger partial charge in [-0.2, -0.15) is 0 Å². The molecule has 3 nitrogen and oxygen atoms in total. The Morgan fingerprint density at radius 1 is 1.32 bits per heavy atom. The van der Waals surface area contributed by atoms with Gasteiger partial charge in [-0.3, -0.25) is 0 Å². The number of ether oxygens (including phenoxy) is 1. The molecule has 1 atom stereocenters. The average molecular weight is 365 g/mol. The first kappa shape index (κ1) is 16.5. The zero-order valence-corrected chi connectivity index (χ0v) is 13.7. The van der Waals surface area contributed by atoms with Crippen LogP contribution in [0.2, 0.25) is 0 Å². The smallest absolute Gasteiger partial charge is 0.408 e. The van der Waals surface area contributed by atoms with Crippen LogP contribution in [0.5, 0.6) is 0 Å². The minimum absolute atomic E-state index is 0.143. The molecule has 2 rings (SSSR count). The lowest BCUT2D eigenvalue weighted by Gasteiger charge is -2.26. The minimum Gasteiger partial charge on any atom is -0.445 e. The number of hydrogen-bond donors (Lipinski definition) is 1. The Hall–Kier alpha value is -1.88. The summed E-state index contributed by atoms with van der Waals surface area (Å²) in [7, 11) is 0. The standard InChI is InChI=1S/C17H16BrFNO2/c1-17(2,14-10-13(18)8-9-15(14)19)20-16(21)22-11-12-6-4-3-5-7-12/h3-10H,1,11H2,2H3,(H,20,21). The van der Waals surface area contributed by atoms with Crippen molar-refractivity contribution in [3.63, 3.8) is 0 Å². The normalized spacial score (nSPS) is 11.1. The fourth-order valence-electron chi connectivity index (χ4n) is 1.97. The van der Waals surface area contributed by atoms with Gasteiger partial charge in [0.05, 0.1) is 5.54 Å². The summed E-state index contributed by atoms with van der Waals surface area (Å²) in [6.07, 6.45) is -0.652. The molecule has 0 saturated heterocycles. The van der Waals surface area contributed by atoms with Crippen LogP contribution in [0, 0.1) is 12.7 Å². The van der Waals surface area contributed by atoms with Crippen molar-refractivity contribution >= 4 is 22.0 Å². The van der Waals surface area contributed by atoms with Crippen LogP contribution in [-0.2, 0) is 16.9 Å². The third-order valence-electron chi connectivity index (χ3n) is 3.11. The molecule has 0 saturated carbocycles. The Labute approximate surface area is 137 Å². The predicted octanol–water partition coefficient (Wildman–Crippen LogP) is 4.56. The highest BCUT2D eigenvalue weighted by Gasteiger charge is 2.27. The first-order chi connectivity index (χ1) is 10.4. The molecule has 0 heterocycles. The third-order valence-corrected chi connectivity index (χ3v) is 3.61. The van der Waals surface area contributed by atoms with Gasteiger partial charge in [-0.25, -0.2) is 9.18 Å². The monoisotopic (exact) mass is 364 g/mol. The van der Waals surface area contributed by atoms with Crippen molar-refractivity contribution in [3.8, 4) is 0 Å². The Kier molecular flexibility index (Phi) is 5.19. The fourth-order valence-corrected chi connectivity index (χ4v) is 2.33. The van der Waals surface area contributed by atoms with Gasteiger partial charge < -0.3 is 10.1 Å². The number of amides is 1. The summed E-state index contributed by atoms with van der Waals surface area (Å²) in [5.41, 5.74) is 0.0114. The van der Waals surface area contributed by atoms with Crippen LogP contribution in [0.15, 0.2) is 53.0 Å². The number of nitrogens with one attached hydrogen (secondary N) is 1. The fraction of sp³-hybridized carbons (Fsp3) is 0.176. The van der Waals surface area contributed by atoms with Crippen molar-refractivity contribution in [2.24, 2.45) is 0 Å². The molecule has 1 radical (unpaired) electrons. The number of carbonyl (C=O) groups excluding carboxylic acids is 1. The van der Waals surface area contributed by atoms with Crippen molar-refractivity contribution in [2.45, 2.75) is 19.1 Å². The van der Waals surface area contributed by atoms with Crippen LogP contribution in [-0.4, -0.2) is 6.09 Å². The van der Waals surface area contributed by atoms with E-state index < -0.39 is 17.4 Å². The van der Waals surface area contributed by atoms with Crippen molar-refractivity contribution in [1.82, 2.24) is 5.32 Å². The molecule has 22 heavy (non-hydrogen) atoms. The molecule has 0 aromatic heterocycles. The molecule has 1 N–H and O–H groups in total. The van der Waals surface area contributed by atoms with Crippen LogP contribution in [0.1, 0.15) is 18.1 Å². The molecule has 0 fully saturated rings. The third kappa shape index (κ3) is 4.31. The highest BCUT2D eigenvalue weighted by molar-refractivity contribution is 9.10. The lowest BCUT2D eigenvalue weighted by molar-refractivity contribution is 0.131. The van der Waals surface area contributed by atoms with Gasteiger partial charge in [-0.1, -0.05) is 46.3 Å². The molecule has 1 amide bonds. The molecular formula is C17H16BrFNO2. The molecular weight excluding hydrogens is 349 g/mol. The van der Waals surface area contributed by atoms with E-state index in [2.05, 4.69) is 28.2 Å². The van der Waals surface area contributed by atoms with Crippen molar-refractivity contribution in [1.29, 1.82) is 0 Å². The Morgan fingerprint density at radius 2 is 2.00 bits per heavy atom. The maximum Gasteiger partial charge on any atom is 0.408 e. The van der Waals surface area contributed by atoms with Gasteiger partial charge >= 0.3 is 6.09 Å². The summed E-state index contributed by atoms with van der Waals surface area (Å²) in [6.45, 7) is 5.62. The Bertz CT molecular complexity index is 659. The van der Waals surface area contributed by atoms with Crippen molar-refractivity contribution in [2.75, 3.05) is 0 Å². The van der Waals surface area contributed by atoms with E-state index in [1.807, 2.05) is 30.3 Å². The molecule has 115 valence electrons. The molecule has 5 heteroatoms. The quantitative estimate of drug-likeness (QED) is 0.863. The average Bonchev–Trinajstić information content (AvgIpc) is 2.48. The summed E-state index contributed by atoms with van der Waals surface area (Å²) < 4.78 is 19.8. The summed E-state index contributed by atoms with van der Waals surface area (Å²) in [6, 6.07) is 13.8. The second kappa shape index (κ2) is 6.92. The van der Waals surface area contributed by atoms with E-state index in [4.69, 9.17) is 4.74 Å². The van der Waals surface area contributed by atoms with Gasteiger partial charge in [0.1, 0.15) is 12.4 Å². The number of carbonyl (C=O) groups is 1. The number of hydrogen-bond acceptors (Lipinski definition) is 2. The van der Waals surface area contributed by atoms with Gasteiger partial charge in [0.25, 0.3) is 0 Å². The second-order valence-corrected chi connectivity index (χ2v) is 6.06. The largest absolute Gasteiger partial charge is 0.445 e. The summed E-state index contributed by atoms with van der Waals surface area (Å²) in [5.74, 6) is -0.441. The zero-order chi connectivity index (χ0) is 16.2. The highest BCUT2D eigenvalue weighted by Crippen LogP contribution is 2.26. The van der Waals surface area contributed by atoms with Crippen LogP contribution in [0.4, 0.5) is 9.18 Å². The SMILES string of the molecule is [CH2]C(C)(NC(=O)OCc1ccccc1)c1cc(Br)ccc1F. The van der Waals surface area contributed by atoms with E-state index in [1.54, 1.807) is 19.1 Å². The van der Waals surface area contributed by atoms with E-state index in [0.29, 0.717) is 4.47 Å². The molecule has 0 bridgehead atoms. The highest BCUT2D eigenvalue weighted by atomic mass is 79.9. The van der Waals surface area contributed by atoms with E-state index in [1.165, 1.54) is 6.07 Å². The first-order valence-corrected chi connectivity index (χ1v) is 7.47. The van der Waals surface area contributed by atoms with Crippen LogP contribution in [0.25, 0.3) is 0 Å². The maximum atomic E-state index is 13.9. The maximum absolute atomic E-state index is 13.9. The molecule has 0 spiro atoms. The molecule has 2 aromatic carbocycles. The molecule has 1 unspecified atom stereocenters. The van der Waals surface area contributed by atoms with Crippen molar-refractivity contribution in [3.05, 3.63) is 76.9 Å². The minimum atomic E-state index is -1.14. The predicted molar refractivity (Wildman–Crippen MR) is 86.6 cm³/mol. The Balaban J connectivity index is 2.01. The van der Waals surface area contributed by atoms with Crippen LogP contribution < -0.4 is 5.32 Å². The van der Waals surface area contributed by atoms with E-state index in [0.717, 1.165) is 5.56 Å². The lowest BCUT2D eigenvalue weighted by atomic mass is 9.94. The molecule has 0 aliphatic heterocycles. The van der Waals surface area contributed by atoms with Gasteiger partial charge in [0.2, 0.25) is 0 Å². The number of alkyl carbamates (subject to hydrolysis) is 1. The molecule has 0 aliphatic carbocycles. The molecule has 2 aromatic rings. The second-order valence-electron chi connectivity index (χ2n) is 5.14. The van der Waals surface area contributed by atoms with E-state index >= 15 is 0 Å². The lowest BCUT2D eigenvalue weighted by Crippen LogP contribution is -2.42. The van der Waals surface area contributed by atoms with E-state index in [9.17, 15) is 9.18 Å². The van der Waals surface area contributed by atoms with Gasteiger partial charge in [-0.05, 0) is 37.6 Å². The van der Waals surface area contributed by atoms with Gasteiger partial charge in [-0.15, -0.1) is 0 Å². The summed E-state index contributed by atoms with van der Waals surface area (Å²) >= 11 is 3.28. The van der Waals surface area contributed by atoms with Crippen molar-refractivity contribution < 1.29 is 13.9 Å². The number of benzene rings is 2. The summed E-state index contributed by atoms with van der Waals surface area (Å²) in [4.78, 5) is 11.9. The van der Waals surface area contributed by atoms with Gasteiger partial charge in [0.15, 0.2) is 0 Å².